The first-order valence-electron chi connectivity index (χ1n) is 7.92. The lowest BCUT2D eigenvalue weighted by atomic mass is 10.0. The maximum atomic E-state index is 6.13. The smallest absolute Gasteiger partial charge is 0.228 e. The highest BCUT2D eigenvalue weighted by molar-refractivity contribution is 5.90. The molecule has 0 radical (unpaired) electrons. The molecule has 0 aliphatic heterocycles. The summed E-state index contributed by atoms with van der Waals surface area (Å²) >= 11 is 0. The number of hydrogen-bond donors (Lipinski definition) is 1. The number of nitrogens with two attached hydrogens (primary N) is 1. The second kappa shape index (κ2) is 7.32. The van der Waals surface area contributed by atoms with E-state index in [1.54, 1.807) is 6.20 Å². The average molecular weight is 274 g/mol. The SMILES string of the molecule is CCCCCc1oc2nccc(N)c2c1CCCCC. The van der Waals surface area contributed by atoms with E-state index in [-0.39, 0.29) is 0 Å². The number of fused-ring (bicyclic) bond motifs is 1. The predicted molar refractivity (Wildman–Crippen MR) is 84.9 cm³/mol. The summed E-state index contributed by atoms with van der Waals surface area (Å²) in [7, 11) is 0. The van der Waals surface area contributed by atoms with Gasteiger partial charge in [-0.2, -0.15) is 0 Å². The van der Waals surface area contributed by atoms with Crippen LogP contribution in [0.15, 0.2) is 16.7 Å². The Labute approximate surface area is 121 Å². The molecule has 110 valence electrons. The number of hydrogen-bond acceptors (Lipinski definition) is 3. The van der Waals surface area contributed by atoms with Gasteiger partial charge in [-0.1, -0.05) is 39.5 Å². The number of rotatable bonds is 8. The third kappa shape index (κ3) is 3.33. The minimum Gasteiger partial charge on any atom is -0.442 e. The number of nitrogen functional groups attached to an aromatic ring is 1. The summed E-state index contributed by atoms with van der Waals surface area (Å²) in [5.74, 6) is 1.11. The van der Waals surface area contributed by atoms with E-state index in [4.69, 9.17) is 10.2 Å². The van der Waals surface area contributed by atoms with Gasteiger partial charge in [-0.3, -0.25) is 0 Å². The molecular weight excluding hydrogens is 248 g/mol. The van der Waals surface area contributed by atoms with Crippen molar-refractivity contribution in [3.8, 4) is 0 Å². The molecule has 0 spiro atoms. The molecule has 0 saturated carbocycles. The summed E-state index contributed by atoms with van der Waals surface area (Å²) in [6.45, 7) is 4.45. The highest BCUT2D eigenvalue weighted by Crippen LogP contribution is 2.31. The first kappa shape index (κ1) is 14.9. The third-order valence-corrected chi connectivity index (χ3v) is 3.84. The molecule has 2 aromatic rings. The minimum absolute atomic E-state index is 0.711. The van der Waals surface area contributed by atoms with Crippen molar-refractivity contribution in [3.63, 3.8) is 0 Å². The Morgan fingerprint density at radius 2 is 1.75 bits per heavy atom. The van der Waals surface area contributed by atoms with Crippen LogP contribution in [0.4, 0.5) is 5.69 Å². The van der Waals surface area contributed by atoms with Crippen LogP contribution in [0, 0.1) is 0 Å². The fraction of sp³-hybridized carbons (Fsp3) is 0.588. The summed E-state index contributed by atoms with van der Waals surface area (Å²) in [4.78, 5) is 4.33. The molecule has 3 heteroatoms. The zero-order chi connectivity index (χ0) is 14.4. The average Bonchev–Trinajstić information content (AvgIpc) is 2.79. The number of pyridine rings is 1. The first-order valence-corrected chi connectivity index (χ1v) is 7.92. The zero-order valence-corrected chi connectivity index (χ0v) is 12.7. The van der Waals surface area contributed by atoms with Gasteiger partial charge in [0, 0.05) is 23.9 Å². The molecule has 0 aliphatic rings. The standard InChI is InChI=1S/C17H26N2O/c1-3-5-7-9-13-15(10-8-6-4-2)20-17-16(13)14(18)11-12-19-17/h11-12H,3-10H2,1-2H3,(H2,18,19). The van der Waals surface area contributed by atoms with Gasteiger partial charge in [0.15, 0.2) is 0 Å². The third-order valence-electron chi connectivity index (χ3n) is 3.84. The lowest BCUT2D eigenvalue weighted by Gasteiger charge is -2.04. The van der Waals surface area contributed by atoms with Crippen LogP contribution in [0.1, 0.15) is 63.7 Å². The van der Waals surface area contributed by atoms with Crippen LogP contribution in [0.2, 0.25) is 0 Å². The molecule has 2 rings (SSSR count). The van der Waals surface area contributed by atoms with Crippen LogP contribution in [0.25, 0.3) is 11.1 Å². The first-order chi connectivity index (χ1) is 9.77. The zero-order valence-electron chi connectivity index (χ0n) is 12.7. The Kier molecular flexibility index (Phi) is 5.45. The van der Waals surface area contributed by atoms with Gasteiger partial charge >= 0.3 is 0 Å². The highest BCUT2D eigenvalue weighted by atomic mass is 16.3. The Bertz CT molecular complexity index is 545. The normalized spacial score (nSPS) is 11.3. The van der Waals surface area contributed by atoms with Gasteiger partial charge in [-0.05, 0) is 25.3 Å². The van der Waals surface area contributed by atoms with Crippen molar-refractivity contribution in [1.82, 2.24) is 4.98 Å². The Balaban J connectivity index is 2.28. The van der Waals surface area contributed by atoms with E-state index in [2.05, 4.69) is 18.8 Å². The van der Waals surface area contributed by atoms with Crippen LogP contribution in [-0.2, 0) is 12.8 Å². The van der Waals surface area contributed by atoms with E-state index < -0.39 is 0 Å². The molecule has 20 heavy (non-hydrogen) atoms. The second-order valence-corrected chi connectivity index (χ2v) is 5.50. The van der Waals surface area contributed by atoms with E-state index in [1.807, 2.05) is 6.07 Å². The largest absolute Gasteiger partial charge is 0.442 e. The molecule has 2 N–H and O–H groups in total. The summed E-state index contributed by atoms with van der Waals surface area (Å²) in [6.07, 6.45) is 11.1. The van der Waals surface area contributed by atoms with Crippen LogP contribution in [-0.4, -0.2) is 4.98 Å². The van der Waals surface area contributed by atoms with E-state index >= 15 is 0 Å². The maximum Gasteiger partial charge on any atom is 0.228 e. The van der Waals surface area contributed by atoms with Crippen LogP contribution < -0.4 is 5.73 Å². The van der Waals surface area contributed by atoms with Crippen molar-refractivity contribution in [3.05, 3.63) is 23.6 Å². The fourth-order valence-corrected chi connectivity index (χ4v) is 2.71. The Hall–Kier alpha value is -1.51. The highest BCUT2D eigenvalue weighted by Gasteiger charge is 2.16. The molecule has 0 bridgehead atoms. The number of anilines is 1. The number of furan rings is 1. The summed E-state index contributed by atoms with van der Waals surface area (Å²) in [6, 6.07) is 1.87. The number of unbranched alkanes of at least 4 members (excludes halogenated alkanes) is 4. The Morgan fingerprint density at radius 3 is 2.45 bits per heavy atom. The van der Waals surface area contributed by atoms with E-state index in [0.29, 0.717) is 5.71 Å². The maximum absolute atomic E-state index is 6.13. The number of aromatic nitrogens is 1. The molecule has 0 saturated heterocycles. The van der Waals surface area contributed by atoms with Crippen LogP contribution >= 0.6 is 0 Å². The van der Waals surface area contributed by atoms with E-state index in [1.165, 1.54) is 44.1 Å². The number of nitrogens with zero attached hydrogens (tertiary/aromatic N) is 1. The minimum atomic E-state index is 0.711. The summed E-state index contributed by atoms with van der Waals surface area (Å²) < 4.78 is 5.97. The summed E-state index contributed by atoms with van der Waals surface area (Å²) in [5, 5.41) is 1.05. The van der Waals surface area contributed by atoms with Crippen molar-refractivity contribution in [2.24, 2.45) is 0 Å². The van der Waals surface area contributed by atoms with Gasteiger partial charge in [0.1, 0.15) is 5.76 Å². The number of aryl methyl sites for hydroxylation is 2. The van der Waals surface area contributed by atoms with Gasteiger partial charge in [0.25, 0.3) is 0 Å². The predicted octanol–water partition coefficient (Wildman–Crippen LogP) is 4.88. The van der Waals surface area contributed by atoms with Crippen molar-refractivity contribution < 1.29 is 4.42 Å². The lowest BCUT2D eigenvalue weighted by Crippen LogP contribution is -1.94. The molecule has 3 nitrogen and oxygen atoms in total. The quantitative estimate of drug-likeness (QED) is 0.698. The van der Waals surface area contributed by atoms with Crippen molar-refractivity contribution in [2.75, 3.05) is 5.73 Å². The van der Waals surface area contributed by atoms with Gasteiger partial charge in [-0.15, -0.1) is 0 Å². The topological polar surface area (TPSA) is 52.0 Å². The van der Waals surface area contributed by atoms with Gasteiger partial charge in [0.05, 0.1) is 5.39 Å². The molecule has 0 aliphatic carbocycles. The molecule has 0 unspecified atom stereocenters. The van der Waals surface area contributed by atoms with Gasteiger partial charge < -0.3 is 10.2 Å². The summed E-state index contributed by atoms with van der Waals surface area (Å²) in [5.41, 5.74) is 8.94. The van der Waals surface area contributed by atoms with Crippen molar-refractivity contribution in [1.29, 1.82) is 0 Å². The second-order valence-electron chi connectivity index (χ2n) is 5.50. The molecule has 2 aromatic heterocycles. The molecular formula is C17H26N2O. The monoisotopic (exact) mass is 274 g/mol. The van der Waals surface area contributed by atoms with Crippen LogP contribution in [0.3, 0.4) is 0 Å². The van der Waals surface area contributed by atoms with Crippen LogP contribution in [0.5, 0.6) is 0 Å². The molecule has 0 aromatic carbocycles. The van der Waals surface area contributed by atoms with Gasteiger partial charge in [0.2, 0.25) is 5.71 Å². The molecule has 0 amide bonds. The van der Waals surface area contributed by atoms with E-state index in [9.17, 15) is 0 Å². The molecule has 0 fully saturated rings. The van der Waals surface area contributed by atoms with Crippen molar-refractivity contribution >= 4 is 16.8 Å². The van der Waals surface area contributed by atoms with Crippen molar-refractivity contribution in [2.45, 2.75) is 65.2 Å². The van der Waals surface area contributed by atoms with Gasteiger partial charge in [-0.25, -0.2) is 4.98 Å². The molecule has 0 atom stereocenters. The molecule has 2 heterocycles. The fourth-order valence-electron chi connectivity index (χ4n) is 2.71. The Morgan fingerprint density at radius 1 is 1.05 bits per heavy atom. The van der Waals surface area contributed by atoms with E-state index in [0.717, 1.165) is 29.7 Å². The lowest BCUT2D eigenvalue weighted by molar-refractivity contribution is 0.515.